The van der Waals surface area contributed by atoms with Crippen molar-refractivity contribution in [1.82, 2.24) is 0 Å². The van der Waals surface area contributed by atoms with Crippen LogP contribution in [-0.2, 0) is 49.2 Å². The number of methoxy groups -OCH3 is 1. The summed E-state index contributed by atoms with van der Waals surface area (Å²) in [6, 6.07) is 27.4. The van der Waals surface area contributed by atoms with Crippen molar-refractivity contribution in [2.45, 2.75) is 50.2 Å². The van der Waals surface area contributed by atoms with Gasteiger partial charge in [-0.15, -0.1) is 0 Å². The van der Waals surface area contributed by atoms with E-state index in [1.165, 1.54) is 19.2 Å². The van der Waals surface area contributed by atoms with Crippen molar-refractivity contribution in [3.05, 3.63) is 135 Å². The summed E-state index contributed by atoms with van der Waals surface area (Å²) in [5, 5.41) is 0.341. The summed E-state index contributed by atoms with van der Waals surface area (Å²) in [6.07, 6.45) is -0.689. The maximum atomic E-state index is 15.0. The van der Waals surface area contributed by atoms with Crippen LogP contribution in [0, 0.1) is 17.6 Å². The van der Waals surface area contributed by atoms with Gasteiger partial charge in [0.2, 0.25) is 11.6 Å². The van der Waals surface area contributed by atoms with E-state index in [1.807, 2.05) is 67.6 Å². The number of hydrogen-bond donors (Lipinski definition) is 0. The number of fused-ring (bicyclic) bond motifs is 2. The Morgan fingerprint density at radius 3 is 2.20 bits per heavy atom. The van der Waals surface area contributed by atoms with E-state index in [0.717, 1.165) is 17.4 Å². The van der Waals surface area contributed by atoms with Crippen LogP contribution >= 0.6 is 11.6 Å². The second kappa shape index (κ2) is 13.0. The molecule has 5 atom stereocenters. The van der Waals surface area contributed by atoms with E-state index >= 15 is 0 Å². The molecule has 0 unspecified atom stereocenters. The molecule has 2 fully saturated rings. The molecule has 234 valence electrons. The molecular formula is C36H33ClF2O6. The van der Waals surface area contributed by atoms with Gasteiger partial charge in [-0.3, -0.25) is 0 Å². The Bertz CT molecular complexity index is 1650. The quantitative estimate of drug-likeness (QED) is 0.163. The van der Waals surface area contributed by atoms with Crippen molar-refractivity contribution in [2.24, 2.45) is 5.92 Å². The van der Waals surface area contributed by atoms with E-state index < -0.39 is 41.1 Å². The van der Waals surface area contributed by atoms with Gasteiger partial charge in [0.15, 0.2) is 23.5 Å². The fourth-order valence-electron chi connectivity index (χ4n) is 6.12. The normalized spacial score (nSPS) is 25.7. The second-order valence-electron chi connectivity index (χ2n) is 11.4. The molecule has 0 aromatic heterocycles. The number of carbonyl (C=O) groups is 1. The van der Waals surface area contributed by atoms with Gasteiger partial charge in [0.1, 0.15) is 6.10 Å². The highest BCUT2D eigenvalue weighted by Gasteiger charge is 2.67. The zero-order chi connectivity index (χ0) is 31.6. The average molecular weight is 635 g/mol. The van der Waals surface area contributed by atoms with Gasteiger partial charge in [0.05, 0.1) is 33.0 Å². The van der Waals surface area contributed by atoms with E-state index in [4.69, 9.17) is 35.3 Å². The summed E-state index contributed by atoms with van der Waals surface area (Å²) >= 11 is 6.60. The van der Waals surface area contributed by atoms with Crippen molar-refractivity contribution in [3.8, 4) is 5.75 Å². The molecule has 4 aromatic carbocycles. The Balaban J connectivity index is 1.40. The predicted molar refractivity (Wildman–Crippen MR) is 164 cm³/mol. The Morgan fingerprint density at radius 1 is 0.889 bits per heavy atom. The van der Waals surface area contributed by atoms with Crippen molar-refractivity contribution >= 4 is 17.9 Å². The molecule has 2 bridgehead atoms. The molecule has 45 heavy (non-hydrogen) atoms. The summed E-state index contributed by atoms with van der Waals surface area (Å²) in [4.78, 5) is 12.7. The molecule has 0 radical (unpaired) electrons. The van der Waals surface area contributed by atoms with Crippen molar-refractivity contribution < 1.29 is 37.3 Å². The minimum Gasteiger partial charge on any atom is -0.494 e. The maximum Gasteiger partial charge on any atom is 0.225 e. The fourth-order valence-corrected chi connectivity index (χ4v) is 6.30. The number of halogens is 3. The molecule has 2 saturated heterocycles. The predicted octanol–water partition coefficient (Wildman–Crippen LogP) is 7.18. The zero-order valence-corrected chi connectivity index (χ0v) is 25.6. The van der Waals surface area contributed by atoms with Crippen LogP contribution in [0.2, 0.25) is 5.02 Å². The highest BCUT2D eigenvalue weighted by atomic mass is 35.5. The smallest absolute Gasteiger partial charge is 0.225 e. The lowest BCUT2D eigenvalue weighted by atomic mass is 9.78. The van der Waals surface area contributed by atoms with Gasteiger partial charge in [-0.25, -0.2) is 4.39 Å². The third-order valence-electron chi connectivity index (χ3n) is 8.72. The number of ether oxygens (including phenoxy) is 5. The number of carbonyl (C=O) groups excluding carboxylic acids is 1. The maximum absolute atomic E-state index is 15.0. The second-order valence-corrected chi connectivity index (χ2v) is 11.8. The lowest BCUT2D eigenvalue weighted by Gasteiger charge is -2.49. The van der Waals surface area contributed by atoms with Gasteiger partial charge in [-0.2, -0.15) is 4.39 Å². The van der Waals surface area contributed by atoms with E-state index in [0.29, 0.717) is 16.1 Å². The van der Waals surface area contributed by atoms with Crippen LogP contribution < -0.4 is 4.74 Å². The molecular weight excluding hydrogens is 602 g/mol. The summed E-state index contributed by atoms with van der Waals surface area (Å²) in [7, 11) is 1.27. The number of rotatable bonds is 11. The monoisotopic (exact) mass is 634 g/mol. The van der Waals surface area contributed by atoms with Crippen LogP contribution in [0.3, 0.4) is 0 Å². The van der Waals surface area contributed by atoms with Gasteiger partial charge in [0, 0.05) is 22.9 Å². The van der Waals surface area contributed by atoms with Gasteiger partial charge in [0.25, 0.3) is 0 Å². The Labute approximate surface area is 265 Å². The van der Waals surface area contributed by atoms with Gasteiger partial charge in [-0.1, -0.05) is 91.3 Å². The van der Waals surface area contributed by atoms with Crippen LogP contribution in [-0.4, -0.2) is 37.8 Å². The number of hydrogen-bond acceptors (Lipinski definition) is 6. The molecule has 2 aliphatic rings. The highest BCUT2D eigenvalue weighted by molar-refractivity contribution is 6.31. The molecule has 4 aromatic rings. The van der Waals surface area contributed by atoms with Crippen molar-refractivity contribution in [2.75, 3.05) is 13.7 Å². The molecule has 0 amide bonds. The van der Waals surface area contributed by atoms with Crippen molar-refractivity contribution in [3.63, 3.8) is 0 Å². The van der Waals surface area contributed by atoms with Crippen LogP contribution in [0.15, 0.2) is 91.0 Å². The Morgan fingerprint density at radius 2 is 1.56 bits per heavy atom. The fraction of sp³-hybridized carbons (Fsp3) is 0.306. The molecule has 0 saturated carbocycles. The standard InChI is InChI=1S/C36H33ClF2O6/c1-23-33(42-19-24-9-5-3-6-10-24)34(43-20-25-11-7-4-8-12-25)36(44-22-35(23,21-40)45-36)28-14-15-29(37)27(18-28)17-26-13-16-30(41-2)32(39)31(26)38/h3-16,18,21,23,33-34H,17,19-20,22H2,1-2H3/t23-,33-,34+,35-,36-/m0/s1. The average Bonchev–Trinajstić information content (AvgIpc) is 3.44. The summed E-state index contributed by atoms with van der Waals surface area (Å²) in [6.45, 7) is 2.38. The Hall–Kier alpha value is -3.66. The van der Waals surface area contributed by atoms with Gasteiger partial charge in [-0.05, 0) is 40.5 Å². The largest absolute Gasteiger partial charge is 0.494 e. The molecule has 2 heterocycles. The summed E-state index contributed by atoms with van der Waals surface area (Å²) in [5.74, 6) is -4.28. The third kappa shape index (κ3) is 5.89. The number of aldehydes is 1. The molecule has 6 nitrogen and oxygen atoms in total. The van der Waals surface area contributed by atoms with Crippen molar-refractivity contribution in [1.29, 1.82) is 0 Å². The third-order valence-corrected chi connectivity index (χ3v) is 9.09. The topological polar surface area (TPSA) is 63.2 Å². The van der Waals surface area contributed by atoms with Gasteiger partial charge >= 0.3 is 0 Å². The lowest BCUT2D eigenvalue weighted by molar-refractivity contribution is -0.326. The zero-order valence-electron chi connectivity index (χ0n) is 24.9. The first-order chi connectivity index (χ1) is 21.8. The van der Waals surface area contributed by atoms with Gasteiger partial charge < -0.3 is 28.5 Å². The minimum absolute atomic E-state index is 0.0196. The first-order valence-corrected chi connectivity index (χ1v) is 15.1. The van der Waals surface area contributed by atoms with E-state index in [1.54, 1.807) is 18.2 Å². The van der Waals surface area contributed by atoms with Crippen LogP contribution in [0.25, 0.3) is 0 Å². The summed E-state index contributed by atoms with van der Waals surface area (Å²) in [5.41, 5.74) is 1.70. The molecule has 0 N–H and O–H groups in total. The first kappa shape index (κ1) is 31.3. The number of benzene rings is 4. The molecule has 0 aliphatic carbocycles. The Kier molecular flexibility index (Phi) is 9.04. The van der Waals surface area contributed by atoms with Crippen LogP contribution in [0.5, 0.6) is 5.75 Å². The molecule has 9 heteroatoms. The lowest BCUT2D eigenvalue weighted by Crippen LogP contribution is -2.62. The molecule has 0 spiro atoms. The minimum atomic E-state index is -1.56. The summed E-state index contributed by atoms with van der Waals surface area (Å²) < 4.78 is 60.7. The molecule has 6 rings (SSSR count). The molecule has 2 aliphatic heterocycles. The van der Waals surface area contributed by atoms with Crippen LogP contribution in [0.1, 0.15) is 34.7 Å². The van der Waals surface area contributed by atoms with E-state index in [2.05, 4.69) is 0 Å². The highest BCUT2D eigenvalue weighted by Crippen LogP contribution is 2.53. The van der Waals surface area contributed by atoms with Crippen LogP contribution in [0.4, 0.5) is 8.78 Å². The SMILES string of the molecule is COc1ccc(Cc2cc([C@]34OC[C@](C=O)(O3)[C@@H](C)[C@H](OCc3ccccc3)[C@H]4OCc3ccccc3)ccc2Cl)c(F)c1F. The van der Waals surface area contributed by atoms with E-state index in [-0.39, 0.29) is 37.6 Å². The van der Waals surface area contributed by atoms with E-state index in [9.17, 15) is 13.6 Å². The first-order valence-electron chi connectivity index (χ1n) is 14.7.